The van der Waals surface area contributed by atoms with Crippen LogP contribution < -0.4 is 15.5 Å². The molecule has 0 saturated carbocycles. The lowest BCUT2D eigenvalue weighted by Gasteiger charge is -2.16. The van der Waals surface area contributed by atoms with Gasteiger partial charge in [0.1, 0.15) is 5.82 Å². The second-order valence-corrected chi connectivity index (χ2v) is 5.76. The zero-order valence-electron chi connectivity index (χ0n) is 11.6. The number of carbonyl (C=O) groups excluding carboxylic acids is 1. The molecule has 3 rings (SSSR count). The largest absolute Gasteiger partial charge is 0.357 e. The first-order chi connectivity index (χ1) is 10.3. The molecule has 0 aromatic carbocycles. The molecule has 2 aromatic heterocycles. The monoisotopic (exact) mass is 303 g/mol. The molecule has 1 aliphatic heterocycles. The summed E-state index contributed by atoms with van der Waals surface area (Å²) in [5, 5.41) is 7.87. The first-order valence-corrected chi connectivity index (χ1v) is 7.83. The Morgan fingerprint density at radius 2 is 2.14 bits per heavy atom. The number of amides is 2. The van der Waals surface area contributed by atoms with Crippen LogP contribution in [0, 0.1) is 0 Å². The summed E-state index contributed by atoms with van der Waals surface area (Å²) in [5.41, 5.74) is 0.979. The molecule has 6 nitrogen and oxygen atoms in total. The van der Waals surface area contributed by atoms with Gasteiger partial charge < -0.3 is 10.2 Å². The molecule has 0 radical (unpaired) electrons. The summed E-state index contributed by atoms with van der Waals surface area (Å²) < 4.78 is 0. The highest BCUT2D eigenvalue weighted by molar-refractivity contribution is 7.13. The van der Waals surface area contributed by atoms with Crippen molar-refractivity contribution in [1.29, 1.82) is 0 Å². The Kier molecular flexibility index (Phi) is 4.30. The van der Waals surface area contributed by atoms with E-state index in [-0.39, 0.29) is 6.03 Å². The van der Waals surface area contributed by atoms with Gasteiger partial charge in [-0.3, -0.25) is 5.32 Å². The summed E-state index contributed by atoms with van der Waals surface area (Å²) in [4.78, 5) is 22.4. The smallest absolute Gasteiger partial charge is 0.321 e. The summed E-state index contributed by atoms with van der Waals surface area (Å²) in [6.45, 7) is 2.62. The molecule has 0 bridgehead atoms. The molecule has 1 fully saturated rings. The SMILES string of the molecule is O=C(NCc1ccc(N2CCCC2)nc1)Nc1nccs1. The van der Waals surface area contributed by atoms with Crippen molar-refractivity contribution in [1.82, 2.24) is 15.3 Å². The number of rotatable bonds is 4. The van der Waals surface area contributed by atoms with Crippen LogP contribution in [0.3, 0.4) is 0 Å². The third-order valence-electron chi connectivity index (χ3n) is 3.35. The number of thiazole rings is 1. The summed E-state index contributed by atoms with van der Waals surface area (Å²) in [5.74, 6) is 1.02. The minimum absolute atomic E-state index is 0.256. The van der Waals surface area contributed by atoms with Gasteiger partial charge in [-0.25, -0.2) is 14.8 Å². The van der Waals surface area contributed by atoms with Gasteiger partial charge in [-0.1, -0.05) is 6.07 Å². The van der Waals surface area contributed by atoms with Crippen molar-refractivity contribution in [2.75, 3.05) is 23.3 Å². The molecular formula is C14H17N5OS. The maximum atomic E-state index is 11.7. The number of anilines is 2. The average molecular weight is 303 g/mol. The van der Waals surface area contributed by atoms with Crippen LogP contribution in [0.25, 0.3) is 0 Å². The molecule has 0 unspecified atom stereocenters. The van der Waals surface area contributed by atoms with Crippen LogP contribution in [0.4, 0.5) is 15.7 Å². The Hall–Kier alpha value is -2.15. The lowest BCUT2D eigenvalue weighted by molar-refractivity contribution is 0.251. The molecule has 2 aromatic rings. The zero-order valence-corrected chi connectivity index (χ0v) is 12.4. The van der Waals surface area contributed by atoms with Crippen LogP contribution >= 0.6 is 11.3 Å². The van der Waals surface area contributed by atoms with Crippen LogP contribution in [0.5, 0.6) is 0 Å². The molecular weight excluding hydrogens is 286 g/mol. The predicted octanol–water partition coefficient (Wildman–Crippen LogP) is 2.46. The number of hydrogen-bond donors (Lipinski definition) is 2. The topological polar surface area (TPSA) is 70.2 Å². The predicted molar refractivity (Wildman–Crippen MR) is 83.7 cm³/mol. The fourth-order valence-electron chi connectivity index (χ4n) is 2.26. The number of urea groups is 1. The number of nitrogens with zero attached hydrogens (tertiary/aromatic N) is 3. The second-order valence-electron chi connectivity index (χ2n) is 4.86. The van der Waals surface area contributed by atoms with E-state index in [2.05, 4.69) is 25.5 Å². The first-order valence-electron chi connectivity index (χ1n) is 6.95. The number of carbonyl (C=O) groups is 1. The van der Waals surface area contributed by atoms with Gasteiger partial charge in [0.25, 0.3) is 0 Å². The highest BCUT2D eigenvalue weighted by Crippen LogP contribution is 2.17. The molecule has 21 heavy (non-hydrogen) atoms. The molecule has 0 aliphatic carbocycles. The highest BCUT2D eigenvalue weighted by atomic mass is 32.1. The van der Waals surface area contributed by atoms with Crippen molar-refractivity contribution in [3.05, 3.63) is 35.5 Å². The summed E-state index contributed by atoms with van der Waals surface area (Å²) >= 11 is 1.39. The lowest BCUT2D eigenvalue weighted by atomic mass is 10.3. The Balaban J connectivity index is 1.49. The zero-order chi connectivity index (χ0) is 14.5. The van der Waals surface area contributed by atoms with Crippen molar-refractivity contribution < 1.29 is 4.79 Å². The molecule has 2 N–H and O–H groups in total. The molecule has 0 atom stereocenters. The number of hydrogen-bond acceptors (Lipinski definition) is 5. The third kappa shape index (κ3) is 3.69. The number of nitrogens with one attached hydrogen (secondary N) is 2. The third-order valence-corrected chi connectivity index (χ3v) is 4.03. The lowest BCUT2D eigenvalue weighted by Crippen LogP contribution is -2.28. The van der Waals surface area contributed by atoms with Crippen LogP contribution in [-0.2, 0) is 6.54 Å². The fourth-order valence-corrected chi connectivity index (χ4v) is 2.79. The fraction of sp³-hybridized carbons (Fsp3) is 0.357. The molecule has 7 heteroatoms. The summed E-state index contributed by atoms with van der Waals surface area (Å²) in [6.07, 6.45) is 5.95. The first kappa shape index (κ1) is 13.8. The standard InChI is InChI=1S/C14H17N5OS/c20-13(18-14-15-5-8-21-14)17-10-11-3-4-12(16-9-11)19-6-1-2-7-19/h3-5,8-9H,1-2,6-7,10H2,(H2,15,17,18,20). The molecule has 110 valence electrons. The maximum absolute atomic E-state index is 11.7. The van der Waals surface area contributed by atoms with Crippen molar-refractivity contribution in [2.24, 2.45) is 0 Å². The van der Waals surface area contributed by atoms with Gasteiger partial charge in [0.2, 0.25) is 0 Å². The van der Waals surface area contributed by atoms with E-state index in [4.69, 9.17) is 0 Å². The van der Waals surface area contributed by atoms with Crippen molar-refractivity contribution in [3.8, 4) is 0 Å². The van der Waals surface area contributed by atoms with E-state index >= 15 is 0 Å². The minimum atomic E-state index is -0.256. The number of aromatic nitrogens is 2. The quantitative estimate of drug-likeness (QED) is 0.910. The van der Waals surface area contributed by atoms with Gasteiger partial charge in [-0.15, -0.1) is 11.3 Å². The van der Waals surface area contributed by atoms with E-state index in [9.17, 15) is 4.79 Å². The van der Waals surface area contributed by atoms with Gasteiger partial charge in [0.15, 0.2) is 5.13 Å². The Morgan fingerprint density at radius 1 is 1.29 bits per heavy atom. The normalized spacial score (nSPS) is 14.2. The molecule has 0 spiro atoms. The van der Waals surface area contributed by atoms with Crippen molar-refractivity contribution in [3.63, 3.8) is 0 Å². The van der Waals surface area contributed by atoms with Gasteiger partial charge in [-0.05, 0) is 24.5 Å². The minimum Gasteiger partial charge on any atom is -0.357 e. The van der Waals surface area contributed by atoms with Gasteiger partial charge >= 0.3 is 6.03 Å². The van der Waals surface area contributed by atoms with E-state index in [0.717, 1.165) is 24.5 Å². The Bertz CT molecular complexity index is 578. The second kappa shape index (κ2) is 6.53. The van der Waals surface area contributed by atoms with E-state index in [1.807, 2.05) is 23.7 Å². The van der Waals surface area contributed by atoms with Crippen LogP contribution in [-0.4, -0.2) is 29.1 Å². The number of pyridine rings is 1. The molecule has 2 amide bonds. The van der Waals surface area contributed by atoms with Crippen molar-refractivity contribution >= 4 is 28.3 Å². The average Bonchev–Trinajstić information content (AvgIpc) is 3.19. The van der Waals surface area contributed by atoms with Crippen LogP contribution in [0.1, 0.15) is 18.4 Å². The van der Waals surface area contributed by atoms with Crippen molar-refractivity contribution in [2.45, 2.75) is 19.4 Å². The summed E-state index contributed by atoms with van der Waals surface area (Å²) in [6, 6.07) is 3.76. The van der Waals surface area contributed by atoms with E-state index < -0.39 is 0 Å². The van der Waals surface area contributed by atoms with E-state index in [1.54, 1.807) is 6.20 Å². The van der Waals surface area contributed by atoms with Gasteiger partial charge in [0, 0.05) is 37.4 Å². The highest BCUT2D eigenvalue weighted by Gasteiger charge is 2.13. The van der Waals surface area contributed by atoms with Gasteiger partial charge in [0.05, 0.1) is 0 Å². The molecule has 1 saturated heterocycles. The Labute approximate surface area is 127 Å². The Morgan fingerprint density at radius 3 is 2.81 bits per heavy atom. The molecule has 3 heterocycles. The van der Waals surface area contributed by atoms with Crippen LogP contribution in [0.2, 0.25) is 0 Å². The van der Waals surface area contributed by atoms with E-state index in [0.29, 0.717) is 11.7 Å². The summed E-state index contributed by atoms with van der Waals surface area (Å²) in [7, 11) is 0. The van der Waals surface area contributed by atoms with Gasteiger partial charge in [-0.2, -0.15) is 0 Å². The molecule has 1 aliphatic rings. The van der Waals surface area contributed by atoms with E-state index in [1.165, 1.54) is 24.2 Å². The maximum Gasteiger partial charge on any atom is 0.321 e. The van der Waals surface area contributed by atoms with Crippen LogP contribution in [0.15, 0.2) is 29.9 Å².